The summed E-state index contributed by atoms with van der Waals surface area (Å²) in [6, 6.07) is 14.6. The zero-order chi connectivity index (χ0) is 28.0. The van der Waals surface area contributed by atoms with E-state index in [-0.39, 0.29) is 47.9 Å². The molecule has 6 rings (SSSR count). The molecule has 1 heterocycles. The summed E-state index contributed by atoms with van der Waals surface area (Å²) in [5.41, 5.74) is 7.72. The van der Waals surface area contributed by atoms with Gasteiger partial charge >= 0.3 is 13.5 Å². The summed E-state index contributed by atoms with van der Waals surface area (Å²) in [7, 11) is -0.563. The largest absolute Gasteiger partial charge is 0.573 e. The Balaban J connectivity index is 0.00000370. The SMILES string of the molecule is CC1(C)[C@H]2C[C@@H]3OB([C@@H](CNC(=O)[C@@H](N)Cc4ccccc4)Cc4ccc(OC(F)(F)F)cc4)O[C@]3(C)[C@@H]1C2.Cl. The summed E-state index contributed by atoms with van der Waals surface area (Å²) < 4.78 is 55.0. The van der Waals surface area contributed by atoms with Crippen LogP contribution in [0, 0.1) is 17.3 Å². The van der Waals surface area contributed by atoms with Gasteiger partial charge in [0.1, 0.15) is 5.75 Å². The van der Waals surface area contributed by atoms with Crippen molar-refractivity contribution in [3.63, 3.8) is 0 Å². The maximum Gasteiger partial charge on any atom is 0.573 e. The standard InChI is InChI=1S/C29H36BF3N2O4.ClH/c1-27(2)20-15-24(27)28(3)25(16-20)38-30(39-28)21(13-19-9-11-22(12-10-19)37-29(31,32)33)17-35-26(36)23(34)14-18-7-5-4-6-8-18;/h4-12,20-21,23-25H,13-17,34H2,1-3H3,(H,35,36);1H/t20-,21-,23+,24-,25+,28-;/m1./s1. The number of hydrogen-bond donors (Lipinski definition) is 2. The van der Waals surface area contributed by atoms with Gasteiger partial charge in [-0.1, -0.05) is 56.3 Å². The quantitative estimate of drug-likeness (QED) is 0.392. The molecule has 2 bridgehead atoms. The average molecular weight is 581 g/mol. The second-order valence-corrected chi connectivity index (χ2v) is 12.0. The van der Waals surface area contributed by atoms with E-state index in [4.69, 9.17) is 15.0 Å². The molecule has 1 amide bonds. The predicted octanol–water partition coefficient (Wildman–Crippen LogP) is 5.33. The fraction of sp³-hybridized carbons (Fsp3) is 0.552. The van der Waals surface area contributed by atoms with Gasteiger partial charge in [-0.2, -0.15) is 0 Å². The van der Waals surface area contributed by atoms with Crippen molar-refractivity contribution in [2.24, 2.45) is 23.0 Å². The maximum atomic E-state index is 12.9. The monoisotopic (exact) mass is 580 g/mol. The van der Waals surface area contributed by atoms with Gasteiger partial charge in [0.15, 0.2) is 0 Å². The fourth-order valence-electron chi connectivity index (χ4n) is 6.82. The average Bonchev–Trinajstić information content (AvgIpc) is 3.24. The maximum absolute atomic E-state index is 12.9. The number of nitrogens with two attached hydrogens (primary N) is 1. The van der Waals surface area contributed by atoms with Crippen LogP contribution in [0.25, 0.3) is 0 Å². The van der Waals surface area contributed by atoms with Gasteiger partial charge in [0, 0.05) is 12.4 Å². The van der Waals surface area contributed by atoms with Crippen LogP contribution in [0.4, 0.5) is 13.2 Å². The Hall–Kier alpha value is -2.27. The molecule has 218 valence electrons. The molecule has 6 nitrogen and oxygen atoms in total. The predicted molar refractivity (Wildman–Crippen MR) is 149 cm³/mol. The molecule has 4 aliphatic rings. The molecule has 0 radical (unpaired) electrons. The summed E-state index contributed by atoms with van der Waals surface area (Å²) in [6.45, 7) is 6.97. The Labute approximate surface area is 240 Å². The molecule has 1 aliphatic heterocycles. The highest BCUT2D eigenvalue weighted by molar-refractivity contribution is 6.47. The Morgan fingerprint density at radius 2 is 1.73 bits per heavy atom. The number of alkyl halides is 3. The molecule has 3 saturated carbocycles. The van der Waals surface area contributed by atoms with Gasteiger partial charge in [0.25, 0.3) is 0 Å². The molecule has 6 atom stereocenters. The highest BCUT2D eigenvalue weighted by atomic mass is 35.5. The third-order valence-electron chi connectivity index (χ3n) is 9.18. The normalized spacial score (nSPS) is 28.0. The van der Waals surface area contributed by atoms with E-state index in [9.17, 15) is 18.0 Å². The number of hydrogen-bond acceptors (Lipinski definition) is 5. The number of rotatable bonds is 9. The molecular weight excluding hydrogens is 544 g/mol. The number of amides is 1. The van der Waals surface area contributed by atoms with E-state index >= 15 is 0 Å². The van der Waals surface area contributed by atoms with Gasteiger partial charge < -0.3 is 25.1 Å². The van der Waals surface area contributed by atoms with Crippen molar-refractivity contribution in [2.45, 2.75) is 76.4 Å². The lowest BCUT2D eigenvalue weighted by Gasteiger charge is -2.64. The first-order chi connectivity index (χ1) is 18.3. The van der Waals surface area contributed by atoms with Gasteiger partial charge in [-0.15, -0.1) is 25.6 Å². The second-order valence-electron chi connectivity index (χ2n) is 12.0. The first-order valence-electron chi connectivity index (χ1n) is 13.6. The minimum Gasteiger partial charge on any atom is -0.406 e. The molecule has 11 heteroatoms. The van der Waals surface area contributed by atoms with Crippen LogP contribution >= 0.6 is 12.4 Å². The number of halogens is 4. The molecule has 0 spiro atoms. The summed E-state index contributed by atoms with van der Waals surface area (Å²) in [6.07, 6.45) is -1.88. The van der Waals surface area contributed by atoms with Crippen LogP contribution in [-0.2, 0) is 26.9 Å². The van der Waals surface area contributed by atoms with Crippen molar-refractivity contribution < 1.29 is 32.0 Å². The topological polar surface area (TPSA) is 82.8 Å². The molecular formula is C29H37BClF3N2O4. The minimum absolute atomic E-state index is 0. The second kappa shape index (κ2) is 11.5. The van der Waals surface area contributed by atoms with Crippen LogP contribution in [0.3, 0.4) is 0 Å². The molecule has 1 saturated heterocycles. The molecule has 2 aromatic carbocycles. The van der Waals surface area contributed by atoms with Crippen molar-refractivity contribution >= 4 is 25.4 Å². The highest BCUT2D eigenvalue weighted by Crippen LogP contribution is 2.66. The van der Waals surface area contributed by atoms with E-state index in [1.54, 1.807) is 12.1 Å². The van der Waals surface area contributed by atoms with Crippen molar-refractivity contribution in [2.75, 3.05) is 6.54 Å². The zero-order valence-corrected chi connectivity index (χ0v) is 23.8. The van der Waals surface area contributed by atoms with Crippen LogP contribution in [0.5, 0.6) is 5.75 Å². The van der Waals surface area contributed by atoms with Crippen molar-refractivity contribution in [1.82, 2.24) is 5.32 Å². The van der Waals surface area contributed by atoms with Crippen molar-refractivity contribution in [1.29, 1.82) is 0 Å². The Bertz CT molecular complexity index is 1170. The third kappa shape index (κ3) is 6.30. The Kier molecular flexibility index (Phi) is 8.86. The lowest BCUT2D eigenvalue weighted by atomic mass is 9.43. The summed E-state index contributed by atoms with van der Waals surface area (Å²) in [4.78, 5) is 12.9. The number of nitrogens with one attached hydrogen (secondary N) is 1. The van der Waals surface area contributed by atoms with E-state index < -0.39 is 25.1 Å². The number of carbonyl (C=O) groups excluding carboxylic acids is 1. The van der Waals surface area contributed by atoms with Crippen LogP contribution in [0.2, 0.25) is 5.82 Å². The van der Waals surface area contributed by atoms with Gasteiger partial charge in [0.05, 0.1) is 17.7 Å². The van der Waals surface area contributed by atoms with Gasteiger partial charge in [-0.05, 0) is 73.1 Å². The molecule has 3 aliphatic carbocycles. The van der Waals surface area contributed by atoms with Crippen molar-refractivity contribution in [3.05, 3.63) is 65.7 Å². The van der Waals surface area contributed by atoms with Crippen LogP contribution in [-0.4, -0.2) is 43.7 Å². The van der Waals surface area contributed by atoms with Crippen LogP contribution < -0.4 is 15.8 Å². The van der Waals surface area contributed by atoms with E-state index in [0.29, 0.717) is 24.7 Å². The highest BCUT2D eigenvalue weighted by Gasteiger charge is 2.68. The molecule has 2 aromatic rings. The first-order valence-corrected chi connectivity index (χ1v) is 13.6. The van der Waals surface area contributed by atoms with E-state index in [1.165, 1.54) is 12.1 Å². The number of ether oxygens (including phenoxy) is 1. The van der Waals surface area contributed by atoms with Gasteiger partial charge in [-0.25, -0.2) is 0 Å². The van der Waals surface area contributed by atoms with Crippen molar-refractivity contribution in [3.8, 4) is 5.75 Å². The summed E-state index contributed by atoms with van der Waals surface area (Å²) >= 11 is 0. The van der Waals surface area contributed by atoms with Crippen LogP contribution in [0.15, 0.2) is 54.6 Å². The van der Waals surface area contributed by atoms with E-state index in [2.05, 4.69) is 30.8 Å². The number of carbonyl (C=O) groups is 1. The molecule has 0 aromatic heterocycles. The first kappa shape index (κ1) is 30.7. The lowest BCUT2D eigenvalue weighted by molar-refractivity contribution is -0.274. The van der Waals surface area contributed by atoms with Crippen LogP contribution in [0.1, 0.15) is 44.7 Å². The smallest absolute Gasteiger partial charge is 0.406 e. The van der Waals surface area contributed by atoms with E-state index in [1.807, 2.05) is 30.3 Å². The summed E-state index contributed by atoms with van der Waals surface area (Å²) in [5, 5.41) is 2.98. The minimum atomic E-state index is -4.75. The molecule has 3 N–H and O–H groups in total. The molecule has 40 heavy (non-hydrogen) atoms. The third-order valence-corrected chi connectivity index (χ3v) is 9.18. The molecule has 0 unspecified atom stereocenters. The molecule has 4 fully saturated rings. The Morgan fingerprint density at radius 3 is 2.35 bits per heavy atom. The zero-order valence-electron chi connectivity index (χ0n) is 22.9. The Morgan fingerprint density at radius 1 is 1.07 bits per heavy atom. The van der Waals surface area contributed by atoms with E-state index in [0.717, 1.165) is 24.0 Å². The lowest BCUT2D eigenvalue weighted by Crippen LogP contribution is -2.65. The fourth-order valence-corrected chi connectivity index (χ4v) is 6.82. The summed E-state index contributed by atoms with van der Waals surface area (Å²) in [5.74, 6) is 0.153. The van der Waals surface area contributed by atoms with Gasteiger partial charge in [0.2, 0.25) is 5.91 Å². The van der Waals surface area contributed by atoms with Gasteiger partial charge in [-0.3, -0.25) is 4.79 Å². The number of benzene rings is 2.